The molecule has 0 atom stereocenters. The van der Waals surface area contributed by atoms with Crippen LogP contribution in [0.1, 0.15) is 21.6 Å². The highest BCUT2D eigenvalue weighted by atomic mass is 16.5. The van der Waals surface area contributed by atoms with E-state index in [0.717, 1.165) is 11.2 Å². The van der Waals surface area contributed by atoms with Crippen LogP contribution >= 0.6 is 0 Å². The number of aromatic hydroxyl groups is 1. The van der Waals surface area contributed by atoms with E-state index in [1.807, 2.05) is 35.9 Å². The molecule has 0 aliphatic carbocycles. The number of carbonyl (C=O) groups excluding carboxylic acids is 1. The molecular formula is C16H14N2O3. The highest BCUT2D eigenvalue weighted by molar-refractivity contribution is 5.89. The van der Waals surface area contributed by atoms with Gasteiger partial charge in [-0.2, -0.15) is 0 Å². The van der Waals surface area contributed by atoms with Crippen molar-refractivity contribution in [1.82, 2.24) is 9.38 Å². The summed E-state index contributed by atoms with van der Waals surface area (Å²) < 4.78 is 7.13. The Balaban J connectivity index is 1.72. The fraction of sp³-hybridized carbons (Fsp3) is 0.125. The maximum Gasteiger partial charge on any atom is 0.338 e. The van der Waals surface area contributed by atoms with Gasteiger partial charge in [0.25, 0.3) is 0 Å². The third-order valence-corrected chi connectivity index (χ3v) is 3.18. The Morgan fingerprint density at radius 1 is 1.29 bits per heavy atom. The predicted molar refractivity (Wildman–Crippen MR) is 77.2 cm³/mol. The standard InChI is InChI=1S/C16H14N2O3/c1-11-3-2-8-18-9-13(17-15(11)18)10-21-16(20)12-4-6-14(19)7-5-12/h2-9,19H,10H2,1H3. The summed E-state index contributed by atoms with van der Waals surface area (Å²) in [5.74, 6) is -0.328. The second-order valence-corrected chi connectivity index (χ2v) is 4.78. The molecule has 0 spiro atoms. The summed E-state index contributed by atoms with van der Waals surface area (Å²) in [6, 6.07) is 9.86. The van der Waals surface area contributed by atoms with E-state index in [-0.39, 0.29) is 12.4 Å². The first-order valence-corrected chi connectivity index (χ1v) is 6.53. The lowest BCUT2D eigenvalue weighted by Crippen LogP contribution is -2.05. The number of hydrogen-bond donors (Lipinski definition) is 1. The molecule has 0 aliphatic rings. The van der Waals surface area contributed by atoms with Crippen LogP contribution < -0.4 is 0 Å². The Morgan fingerprint density at radius 2 is 2.05 bits per heavy atom. The number of pyridine rings is 1. The fourth-order valence-corrected chi connectivity index (χ4v) is 2.09. The molecule has 0 saturated carbocycles. The second-order valence-electron chi connectivity index (χ2n) is 4.78. The molecule has 0 unspecified atom stereocenters. The lowest BCUT2D eigenvalue weighted by molar-refractivity contribution is 0.0468. The first-order valence-electron chi connectivity index (χ1n) is 6.53. The zero-order valence-corrected chi connectivity index (χ0v) is 11.5. The first-order chi connectivity index (χ1) is 10.1. The number of nitrogens with zero attached hydrogens (tertiary/aromatic N) is 2. The number of esters is 1. The van der Waals surface area contributed by atoms with Crippen LogP contribution in [-0.4, -0.2) is 20.5 Å². The van der Waals surface area contributed by atoms with Crippen molar-refractivity contribution in [3.05, 3.63) is 65.6 Å². The summed E-state index contributed by atoms with van der Waals surface area (Å²) in [7, 11) is 0. The Bertz CT molecular complexity index is 791. The molecule has 2 heterocycles. The van der Waals surface area contributed by atoms with Gasteiger partial charge in [0.2, 0.25) is 0 Å². The number of fused-ring (bicyclic) bond motifs is 1. The zero-order chi connectivity index (χ0) is 14.8. The predicted octanol–water partition coefficient (Wildman–Crippen LogP) is 2.71. The van der Waals surface area contributed by atoms with Crippen molar-refractivity contribution in [2.45, 2.75) is 13.5 Å². The van der Waals surface area contributed by atoms with Crippen LogP contribution in [0.15, 0.2) is 48.8 Å². The quantitative estimate of drug-likeness (QED) is 0.750. The van der Waals surface area contributed by atoms with Gasteiger partial charge < -0.3 is 14.2 Å². The van der Waals surface area contributed by atoms with Gasteiger partial charge in [0.1, 0.15) is 18.0 Å². The lowest BCUT2D eigenvalue weighted by atomic mass is 10.2. The minimum atomic E-state index is -0.441. The Kier molecular flexibility index (Phi) is 3.31. The van der Waals surface area contributed by atoms with E-state index in [1.165, 1.54) is 24.3 Å². The van der Waals surface area contributed by atoms with Gasteiger partial charge >= 0.3 is 5.97 Å². The molecule has 21 heavy (non-hydrogen) atoms. The van der Waals surface area contributed by atoms with Gasteiger partial charge in [-0.15, -0.1) is 0 Å². The SMILES string of the molecule is Cc1cccn2cc(COC(=O)c3ccc(O)cc3)nc12. The second kappa shape index (κ2) is 5.28. The van der Waals surface area contributed by atoms with Crippen molar-refractivity contribution in [2.75, 3.05) is 0 Å². The first kappa shape index (κ1) is 13.2. The summed E-state index contributed by atoms with van der Waals surface area (Å²) in [5.41, 5.74) is 3.01. The molecule has 0 saturated heterocycles. The molecule has 3 aromatic rings. The van der Waals surface area contributed by atoms with Crippen LogP contribution in [-0.2, 0) is 11.3 Å². The molecule has 0 fully saturated rings. The Labute approximate surface area is 121 Å². The molecule has 0 bridgehead atoms. The summed E-state index contributed by atoms with van der Waals surface area (Å²) in [5, 5.41) is 9.19. The minimum absolute atomic E-state index is 0.112. The fourth-order valence-electron chi connectivity index (χ4n) is 2.09. The molecule has 3 rings (SSSR count). The number of phenols is 1. The molecule has 106 valence electrons. The van der Waals surface area contributed by atoms with Crippen molar-refractivity contribution in [1.29, 1.82) is 0 Å². The average molecular weight is 282 g/mol. The number of benzene rings is 1. The van der Waals surface area contributed by atoms with Crippen LogP contribution in [0.4, 0.5) is 0 Å². The van der Waals surface area contributed by atoms with E-state index < -0.39 is 5.97 Å². The molecule has 0 amide bonds. The normalized spacial score (nSPS) is 10.7. The van der Waals surface area contributed by atoms with Gasteiger partial charge in [0.05, 0.1) is 11.3 Å². The summed E-state index contributed by atoms with van der Waals surface area (Å²) in [4.78, 5) is 16.3. The average Bonchev–Trinajstić information content (AvgIpc) is 2.90. The molecule has 0 radical (unpaired) electrons. The van der Waals surface area contributed by atoms with Gasteiger partial charge in [-0.3, -0.25) is 0 Å². The van der Waals surface area contributed by atoms with E-state index >= 15 is 0 Å². The van der Waals surface area contributed by atoms with E-state index in [4.69, 9.17) is 4.74 Å². The Morgan fingerprint density at radius 3 is 2.76 bits per heavy atom. The number of carbonyl (C=O) groups is 1. The van der Waals surface area contributed by atoms with Gasteiger partial charge in [0, 0.05) is 12.4 Å². The van der Waals surface area contributed by atoms with E-state index in [9.17, 15) is 9.90 Å². The number of phenolic OH excluding ortho intramolecular Hbond substituents is 1. The van der Waals surface area contributed by atoms with Crippen molar-refractivity contribution in [2.24, 2.45) is 0 Å². The van der Waals surface area contributed by atoms with Crippen LogP contribution in [0.3, 0.4) is 0 Å². The van der Waals surface area contributed by atoms with Crippen molar-refractivity contribution in [3.63, 3.8) is 0 Å². The number of rotatable bonds is 3. The summed E-state index contributed by atoms with van der Waals surface area (Å²) in [6.45, 7) is 2.09. The molecule has 2 aromatic heterocycles. The van der Waals surface area contributed by atoms with Crippen molar-refractivity contribution in [3.8, 4) is 5.75 Å². The molecule has 5 nitrogen and oxygen atoms in total. The number of hydrogen-bond acceptors (Lipinski definition) is 4. The Hall–Kier alpha value is -2.82. The van der Waals surface area contributed by atoms with E-state index in [1.54, 1.807) is 0 Å². The molecule has 1 N–H and O–H groups in total. The molecule has 5 heteroatoms. The third-order valence-electron chi connectivity index (χ3n) is 3.18. The van der Waals surface area contributed by atoms with Crippen molar-refractivity contribution >= 4 is 11.6 Å². The number of aromatic nitrogens is 2. The third kappa shape index (κ3) is 2.72. The van der Waals surface area contributed by atoms with Crippen LogP contribution in [0.5, 0.6) is 5.75 Å². The monoisotopic (exact) mass is 282 g/mol. The van der Waals surface area contributed by atoms with Crippen LogP contribution in [0.25, 0.3) is 5.65 Å². The number of ether oxygens (including phenoxy) is 1. The maximum absolute atomic E-state index is 11.9. The van der Waals surface area contributed by atoms with Gasteiger partial charge in [-0.25, -0.2) is 9.78 Å². The van der Waals surface area contributed by atoms with Crippen LogP contribution in [0, 0.1) is 6.92 Å². The van der Waals surface area contributed by atoms with Crippen LogP contribution in [0.2, 0.25) is 0 Å². The van der Waals surface area contributed by atoms with E-state index in [0.29, 0.717) is 11.3 Å². The van der Waals surface area contributed by atoms with Gasteiger partial charge in [-0.05, 0) is 42.8 Å². The van der Waals surface area contributed by atoms with E-state index in [2.05, 4.69) is 4.98 Å². The molecular weight excluding hydrogens is 268 g/mol. The number of imidazole rings is 1. The molecule has 1 aromatic carbocycles. The zero-order valence-electron chi connectivity index (χ0n) is 11.5. The number of aryl methyl sites for hydroxylation is 1. The lowest BCUT2D eigenvalue weighted by Gasteiger charge is -2.02. The highest BCUT2D eigenvalue weighted by Crippen LogP contribution is 2.13. The molecule has 0 aliphatic heterocycles. The largest absolute Gasteiger partial charge is 0.508 e. The highest BCUT2D eigenvalue weighted by Gasteiger charge is 2.09. The minimum Gasteiger partial charge on any atom is -0.508 e. The maximum atomic E-state index is 11.9. The van der Waals surface area contributed by atoms with Gasteiger partial charge in [0.15, 0.2) is 0 Å². The topological polar surface area (TPSA) is 63.8 Å². The van der Waals surface area contributed by atoms with Gasteiger partial charge in [-0.1, -0.05) is 6.07 Å². The summed E-state index contributed by atoms with van der Waals surface area (Å²) >= 11 is 0. The van der Waals surface area contributed by atoms with Crippen molar-refractivity contribution < 1.29 is 14.6 Å². The summed E-state index contributed by atoms with van der Waals surface area (Å²) in [6.07, 6.45) is 3.74. The smallest absolute Gasteiger partial charge is 0.338 e.